The van der Waals surface area contributed by atoms with Crippen molar-refractivity contribution in [1.29, 1.82) is 0 Å². The van der Waals surface area contributed by atoms with Crippen molar-refractivity contribution in [2.24, 2.45) is 0 Å². The van der Waals surface area contributed by atoms with E-state index in [1.807, 2.05) is 13.8 Å². The number of hydrogen-bond donors (Lipinski definition) is 1. The fourth-order valence-electron chi connectivity index (χ4n) is 0.830. The van der Waals surface area contributed by atoms with Crippen LogP contribution in [0.1, 0.15) is 33.1 Å². The molecule has 18 heavy (non-hydrogen) atoms. The largest absolute Gasteiger partial charge is 0.447 e. The van der Waals surface area contributed by atoms with Crippen molar-refractivity contribution in [3.8, 4) is 24.1 Å². The van der Waals surface area contributed by atoms with Crippen molar-refractivity contribution in [3.05, 3.63) is 0 Å². The van der Waals surface area contributed by atoms with Gasteiger partial charge in [-0.3, -0.25) is 4.55 Å². The minimum Gasteiger partial charge on any atom is -0.447 e. The molecule has 0 saturated heterocycles. The van der Waals surface area contributed by atoms with Crippen LogP contribution in [-0.2, 0) is 19.6 Å². The lowest BCUT2D eigenvalue weighted by atomic mass is 10.3. The summed E-state index contributed by atoms with van der Waals surface area (Å²) in [7, 11) is -4.26. The molecule has 0 fully saturated rings. The maximum Gasteiger partial charge on any atom is 0.280 e. The molecule has 0 spiro atoms. The average molecular weight is 274 g/mol. The third-order valence-corrected chi connectivity index (χ3v) is 2.70. The molecular weight excluding hydrogens is 256 g/mol. The molecule has 1 N–H and O–H groups in total. The molecule has 0 aliphatic rings. The van der Waals surface area contributed by atoms with Crippen molar-refractivity contribution in [2.45, 2.75) is 38.4 Å². The molecule has 102 valence electrons. The van der Waals surface area contributed by atoms with E-state index in [0.29, 0.717) is 13.2 Å². The van der Waals surface area contributed by atoms with Gasteiger partial charge < -0.3 is 9.47 Å². The minimum absolute atomic E-state index is 0.120. The summed E-state index contributed by atoms with van der Waals surface area (Å²) in [6, 6.07) is 0. The maximum atomic E-state index is 11.0. The van der Waals surface area contributed by atoms with E-state index in [4.69, 9.17) is 14.0 Å². The molecule has 0 aliphatic carbocycles. The Kier molecular flexibility index (Phi) is 8.91. The van der Waals surface area contributed by atoms with Crippen LogP contribution in [-0.4, -0.2) is 31.4 Å². The fraction of sp³-hybridized carbons (Fsp3) is 0.667. The topological polar surface area (TPSA) is 72.8 Å². The van der Waals surface area contributed by atoms with Crippen LogP contribution in [0, 0.1) is 24.1 Å². The smallest absolute Gasteiger partial charge is 0.280 e. The quantitative estimate of drug-likeness (QED) is 0.450. The predicted octanol–water partition coefficient (Wildman–Crippen LogP) is 1.41. The molecular formula is C12H18O5S. The van der Waals surface area contributed by atoms with Crippen LogP contribution in [0.2, 0.25) is 0 Å². The molecule has 1 atom stereocenters. The Bertz CT molecular complexity index is 433. The van der Waals surface area contributed by atoms with Gasteiger partial charge in [0.05, 0.1) is 13.2 Å². The van der Waals surface area contributed by atoms with Crippen LogP contribution in [0.5, 0.6) is 0 Å². The zero-order chi connectivity index (χ0) is 13.9. The van der Waals surface area contributed by atoms with E-state index in [1.165, 1.54) is 0 Å². The van der Waals surface area contributed by atoms with Gasteiger partial charge in [0, 0.05) is 6.42 Å². The Labute approximate surface area is 109 Å². The molecule has 0 radical (unpaired) electrons. The molecule has 1 unspecified atom stereocenters. The first-order chi connectivity index (χ1) is 8.52. The van der Waals surface area contributed by atoms with Gasteiger partial charge in [-0.25, -0.2) is 0 Å². The first kappa shape index (κ1) is 16.6. The molecule has 0 aromatic carbocycles. The fourth-order valence-corrected chi connectivity index (χ4v) is 1.32. The number of rotatable bonds is 6. The standard InChI is InChI=1S/C12H18O5S/c1-3-8-16-10-5-6-12(18(13,14)15)7-11-17-9-4-2/h12H,3-4,6,8-9H2,1-2H3,(H,13,14,15). The van der Waals surface area contributed by atoms with Gasteiger partial charge in [0.15, 0.2) is 5.25 Å². The van der Waals surface area contributed by atoms with Gasteiger partial charge in [0.1, 0.15) is 12.2 Å². The summed E-state index contributed by atoms with van der Waals surface area (Å²) in [5.41, 5.74) is 0. The Balaban J connectivity index is 4.40. The zero-order valence-electron chi connectivity index (χ0n) is 10.6. The van der Waals surface area contributed by atoms with Gasteiger partial charge in [-0.1, -0.05) is 19.8 Å². The van der Waals surface area contributed by atoms with Crippen LogP contribution in [0.15, 0.2) is 0 Å². The molecule has 0 aromatic heterocycles. The van der Waals surface area contributed by atoms with Gasteiger partial charge in [0.25, 0.3) is 10.1 Å². The van der Waals surface area contributed by atoms with Crippen LogP contribution < -0.4 is 0 Å². The van der Waals surface area contributed by atoms with Crippen molar-refractivity contribution < 1.29 is 22.4 Å². The molecule has 0 aliphatic heterocycles. The summed E-state index contributed by atoms with van der Waals surface area (Å²) in [5.74, 6) is 4.82. The molecule has 0 amide bonds. The summed E-state index contributed by atoms with van der Waals surface area (Å²) in [6.45, 7) is 4.73. The second-order valence-electron chi connectivity index (χ2n) is 3.43. The molecule has 0 aromatic rings. The lowest BCUT2D eigenvalue weighted by Crippen LogP contribution is -2.18. The van der Waals surface area contributed by atoms with E-state index >= 15 is 0 Å². The van der Waals surface area contributed by atoms with Gasteiger partial charge in [-0.05, 0) is 18.8 Å². The van der Waals surface area contributed by atoms with E-state index in [2.05, 4.69) is 24.1 Å². The van der Waals surface area contributed by atoms with E-state index in [0.717, 1.165) is 12.8 Å². The van der Waals surface area contributed by atoms with Crippen LogP contribution >= 0.6 is 0 Å². The van der Waals surface area contributed by atoms with Crippen molar-refractivity contribution in [3.63, 3.8) is 0 Å². The third kappa shape index (κ3) is 8.74. The highest BCUT2D eigenvalue weighted by Gasteiger charge is 2.19. The lowest BCUT2D eigenvalue weighted by molar-refractivity contribution is 0.277. The highest BCUT2D eigenvalue weighted by atomic mass is 32.2. The SMILES string of the molecule is CCCOC#CCC(C#COCCC)S(=O)(=O)O. The second kappa shape index (κ2) is 9.64. The number of ether oxygens (including phenoxy) is 2. The van der Waals surface area contributed by atoms with Gasteiger partial charge in [-0.2, -0.15) is 8.42 Å². The monoisotopic (exact) mass is 274 g/mol. The summed E-state index contributed by atoms with van der Waals surface area (Å²) in [4.78, 5) is 0. The summed E-state index contributed by atoms with van der Waals surface area (Å²) in [6.07, 6.45) is 6.08. The summed E-state index contributed by atoms with van der Waals surface area (Å²) < 4.78 is 40.7. The highest BCUT2D eigenvalue weighted by Crippen LogP contribution is 2.02. The summed E-state index contributed by atoms with van der Waals surface area (Å²) >= 11 is 0. The Hall–Kier alpha value is -1.37. The van der Waals surface area contributed by atoms with E-state index in [9.17, 15) is 8.42 Å². The Morgan fingerprint density at radius 3 is 2.17 bits per heavy atom. The molecule has 5 nitrogen and oxygen atoms in total. The minimum atomic E-state index is -4.26. The van der Waals surface area contributed by atoms with Crippen molar-refractivity contribution in [2.75, 3.05) is 13.2 Å². The van der Waals surface area contributed by atoms with Crippen molar-refractivity contribution in [1.82, 2.24) is 0 Å². The van der Waals surface area contributed by atoms with E-state index in [1.54, 1.807) is 0 Å². The normalized spacial score (nSPS) is 11.5. The molecule has 0 rings (SSSR count). The Morgan fingerprint density at radius 1 is 1.11 bits per heavy atom. The predicted molar refractivity (Wildman–Crippen MR) is 68.0 cm³/mol. The molecule has 0 saturated carbocycles. The first-order valence-corrected chi connectivity index (χ1v) is 7.21. The molecule has 0 bridgehead atoms. The molecule has 0 heterocycles. The first-order valence-electron chi connectivity index (χ1n) is 5.70. The number of hydrogen-bond acceptors (Lipinski definition) is 4. The van der Waals surface area contributed by atoms with Gasteiger partial charge in [-0.15, -0.1) is 0 Å². The van der Waals surface area contributed by atoms with Gasteiger partial charge >= 0.3 is 0 Å². The lowest BCUT2D eigenvalue weighted by Gasteiger charge is -2.01. The van der Waals surface area contributed by atoms with Crippen LogP contribution in [0.4, 0.5) is 0 Å². The van der Waals surface area contributed by atoms with Crippen LogP contribution in [0.25, 0.3) is 0 Å². The van der Waals surface area contributed by atoms with Gasteiger partial charge in [0.2, 0.25) is 0 Å². The Morgan fingerprint density at radius 2 is 1.67 bits per heavy atom. The zero-order valence-corrected chi connectivity index (χ0v) is 11.4. The second-order valence-corrected chi connectivity index (χ2v) is 5.03. The summed E-state index contributed by atoms with van der Waals surface area (Å²) in [5, 5.41) is -1.27. The average Bonchev–Trinajstić information content (AvgIpc) is 2.30. The van der Waals surface area contributed by atoms with Crippen LogP contribution in [0.3, 0.4) is 0 Å². The van der Waals surface area contributed by atoms with E-state index in [-0.39, 0.29) is 6.42 Å². The van der Waals surface area contributed by atoms with Crippen molar-refractivity contribution >= 4 is 10.1 Å². The third-order valence-electron chi connectivity index (χ3n) is 1.70. The molecule has 6 heteroatoms. The highest BCUT2D eigenvalue weighted by molar-refractivity contribution is 7.86. The van der Waals surface area contributed by atoms with E-state index < -0.39 is 15.4 Å². The maximum absolute atomic E-state index is 11.0.